The van der Waals surface area contributed by atoms with Crippen molar-refractivity contribution < 1.29 is 21.3 Å². The fourth-order valence-electron chi connectivity index (χ4n) is 1.61. The molecule has 0 unspecified atom stereocenters. The van der Waals surface area contributed by atoms with Gasteiger partial charge >= 0.3 is 10.5 Å². The Morgan fingerprint density at radius 2 is 1.72 bits per heavy atom. The van der Waals surface area contributed by atoms with Crippen LogP contribution < -0.4 is 4.18 Å². The maximum absolute atomic E-state index is 12.4. The fourth-order valence-corrected chi connectivity index (χ4v) is 1.94. The highest BCUT2D eigenvalue weighted by Gasteiger charge is 2.10. The van der Waals surface area contributed by atoms with Gasteiger partial charge in [0.15, 0.2) is 5.78 Å². The van der Waals surface area contributed by atoms with E-state index in [1.54, 1.807) is 24.3 Å². The van der Waals surface area contributed by atoms with Crippen LogP contribution in [0.5, 0.6) is 5.75 Å². The molecule has 0 heterocycles. The summed E-state index contributed by atoms with van der Waals surface area (Å²) in [5.74, 6) is -0.177. The third kappa shape index (κ3) is 2.84. The zero-order valence-electron chi connectivity index (χ0n) is 9.38. The molecule has 94 valence electrons. The Labute approximate surface area is 103 Å². The lowest BCUT2D eigenvalue weighted by molar-refractivity contribution is 0.101. The summed E-state index contributed by atoms with van der Waals surface area (Å²) in [6.45, 7) is 1.45. The third-order valence-corrected chi connectivity index (χ3v) is 2.81. The van der Waals surface area contributed by atoms with Crippen molar-refractivity contribution in [2.45, 2.75) is 6.92 Å². The van der Waals surface area contributed by atoms with Crippen LogP contribution in [-0.4, -0.2) is 14.2 Å². The number of rotatable bonds is 3. The lowest BCUT2D eigenvalue weighted by Gasteiger charge is -2.03. The van der Waals surface area contributed by atoms with Gasteiger partial charge < -0.3 is 4.18 Å². The molecule has 0 saturated heterocycles. The van der Waals surface area contributed by atoms with Gasteiger partial charge in [-0.3, -0.25) is 4.79 Å². The summed E-state index contributed by atoms with van der Waals surface area (Å²) >= 11 is 0. The summed E-state index contributed by atoms with van der Waals surface area (Å²) < 4.78 is 37.2. The summed E-state index contributed by atoms with van der Waals surface area (Å²) in [5, 5.41) is 1.40. The van der Waals surface area contributed by atoms with Crippen molar-refractivity contribution in [1.29, 1.82) is 0 Å². The molecule has 0 radical (unpaired) electrons. The normalized spacial score (nSPS) is 11.4. The molecule has 0 spiro atoms. The lowest BCUT2D eigenvalue weighted by Crippen LogP contribution is -2.00. The topological polar surface area (TPSA) is 60.4 Å². The Kier molecular flexibility index (Phi) is 3.04. The van der Waals surface area contributed by atoms with E-state index in [4.69, 9.17) is 0 Å². The van der Waals surface area contributed by atoms with E-state index in [1.165, 1.54) is 19.1 Å². The second kappa shape index (κ2) is 4.38. The molecule has 0 fully saturated rings. The second-order valence-electron chi connectivity index (χ2n) is 3.76. The third-order valence-electron chi connectivity index (χ3n) is 2.41. The molecular weight excluding hydrogens is 259 g/mol. The SMILES string of the molecule is CC(=O)c1ccc2cc(OS(=O)(=O)F)ccc2c1. The number of halogens is 1. The molecule has 0 N–H and O–H groups in total. The zero-order valence-corrected chi connectivity index (χ0v) is 10.2. The Morgan fingerprint density at radius 3 is 2.33 bits per heavy atom. The maximum atomic E-state index is 12.4. The smallest absolute Gasteiger partial charge is 0.358 e. The molecular formula is C12H9FO4S. The molecule has 0 aromatic heterocycles. The van der Waals surface area contributed by atoms with Crippen molar-refractivity contribution >= 4 is 27.1 Å². The molecule has 0 bridgehead atoms. The van der Waals surface area contributed by atoms with Gasteiger partial charge in [0.05, 0.1) is 0 Å². The Hall–Kier alpha value is -1.95. The minimum atomic E-state index is -5.02. The van der Waals surface area contributed by atoms with Crippen molar-refractivity contribution in [3.63, 3.8) is 0 Å². The van der Waals surface area contributed by atoms with Crippen LogP contribution in [0.2, 0.25) is 0 Å². The van der Waals surface area contributed by atoms with Gasteiger partial charge in [0.1, 0.15) is 5.75 Å². The van der Waals surface area contributed by atoms with Gasteiger partial charge in [-0.2, -0.15) is 8.42 Å². The predicted molar refractivity (Wildman–Crippen MR) is 64.6 cm³/mol. The quantitative estimate of drug-likeness (QED) is 0.634. The molecule has 2 aromatic rings. The Morgan fingerprint density at radius 1 is 1.11 bits per heavy atom. The van der Waals surface area contributed by atoms with Gasteiger partial charge in [0, 0.05) is 5.56 Å². The highest BCUT2D eigenvalue weighted by molar-refractivity contribution is 7.81. The van der Waals surface area contributed by atoms with E-state index in [-0.39, 0.29) is 11.5 Å². The number of ketones is 1. The summed E-state index contributed by atoms with van der Waals surface area (Å²) in [6, 6.07) is 9.19. The molecule has 6 heteroatoms. The first kappa shape index (κ1) is 12.5. The van der Waals surface area contributed by atoms with Crippen LogP contribution in [0.3, 0.4) is 0 Å². The van der Waals surface area contributed by atoms with Gasteiger partial charge in [-0.25, -0.2) is 0 Å². The van der Waals surface area contributed by atoms with E-state index in [0.717, 1.165) is 5.39 Å². The van der Waals surface area contributed by atoms with Crippen LogP contribution in [-0.2, 0) is 10.5 Å². The van der Waals surface area contributed by atoms with Crippen LogP contribution in [0.1, 0.15) is 17.3 Å². The monoisotopic (exact) mass is 268 g/mol. The summed E-state index contributed by atoms with van der Waals surface area (Å²) in [5.41, 5.74) is 0.550. The number of benzene rings is 2. The highest BCUT2D eigenvalue weighted by atomic mass is 32.3. The van der Waals surface area contributed by atoms with Gasteiger partial charge in [0.25, 0.3) is 0 Å². The van der Waals surface area contributed by atoms with Crippen LogP contribution in [0.4, 0.5) is 3.89 Å². The van der Waals surface area contributed by atoms with Crippen LogP contribution in [0.15, 0.2) is 36.4 Å². The summed E-state index contributed by atoms with van der Waals surface area (Å²) in [6.07, 6.45) is 0. The number of hydrogen-bond donors (Lipinski definition) is 0. The van der Waals surface area contributed by atoms with Crippen molar-refractivity contribution in [2.24, 2.45) is 0 Å². The van der Waals surface area contributed by atoms with Gasteiger partial charge in [-0.05, 0) is 35.9 Å². The minimum absolute atomic E-state index is 0.0661. The highest BCUT2D eigenvalue weighted by Crippen LogP contribution is 2.23. The van der Waals surface area contributed by atoms with Gasteiger partial charge in [-0.1, -0.05) is 22.1 Å². The second-order valence-corrected chi connectivity index (χ2v) is 4.71. The number of fused-ring (bicyclic) bond motifs is 1. The average Bonchev–Trinajstić information content (AvgIpc) is 2.26. The van der Waals surface area contributed by atoms with Gasteiger partial charge in [0.2, 0.25) is 0 Å². The first-order valence-corrected chi connectivity index (χ1v) is 6.35. The van der Waals surface area contributed by atoms with E-state index in [0.29, 0.717) is 10.9 Å². The van der Waals surface area contributed by atoms with E-state index in [2.05, 4.69) is 4.18 Å². The van der Waals surface area contributed by atoms with Crippen molar-refractivity contribution in [2.75, 3.05) is 0 Å². The Balaban J connectivity index is 2.47. The van der Waals surface area contributed by atoms with E-state index in [1.807, 2.05) is 0 Å². The molecule has 2 rings (SSSR count). The summed E-state index contributed by atoms with van der Waals surface area (Å²) in [7, 11) is -5.02. The average molecular weight is 268 g/mol. The van der Waals surface area contributed by atoms with E-state index >= 15 is 0 Å². The van der Waals surface area contributed by atoms with E-state index in [9.17, 15) is 17.1 Å². The predicted octanol–water partition coefficient (Wildman–Crippen LogP) is 2.64. The fraction of sp³-hybridized carbons (Fsp3) is 0.0833. The summed E-state index contributed by atoms with van der Waals surface area (Å²) in [4.78, 5) is 11.2. The van der Waals surface area contributed by atoms with Gasteiger partial charge in [-0.15, -0.1) is 0 Å². The molecule has 2 aromatic carbocycles. The van der Waals surface area contributed by atoms with Crippen molar-refractivity contribution in [3.8, 4) is 5.75 Å². The maximum Gasteiger partial charge on any atom is 0.488 e. The lowest BCUT2D eigenvalue weighted by atomic mass is 10.0. The van der Waals surface area contributed by atoms with Crippen molar-refractivity contribution in [3.05, 3.63) is 42.0 Å². The van der Waals surface area contributed by atoms with Crippen LogP contribution in [0, 0.1) is 0 Å². The molecule has 0 aliphatic carbocycles. The van der Waals surface area contributed by atoms with Crippen LogP contribution in [0.25, 0.3) is 10.8 Å². The molecule has 18 heavy (non-hydrogen) atoms. The number of carbonyl (C=O) groups is 1. The van der Waals surface area contributed by atoms with E-state index < -0.39 is 10.5 Å². The van der Waals surface area contributed by atoms with Crippen molar-refractivity contribution in [1.82, 2.24) is 0 Å². The first-order chi connectivity index (χ1) is 8.35. The first-order valence-electron chi connectivity index (χ1n) is 5.04. The van der Waals surface area contributed by atoms with Crippen LogP contribution >= 0.6 is 0 Å². The zero-order chi connectivity index (χ0) is 13.3. The molecule has 0 aliphatic rings. The Bertz CT molecular complexity index is 722. The minimum Gasteiger partial charge on any atom is -0.358 e. The number of Topliss-reactive ketones (excluding diaryl/α,β-unsaturated/α-hetero) is 1. The molecule has 0 saturated carbocycles. The number of carbonyl (C=O) groups excluding carboxylic acids is 1. The largest absolute Gasteiger partial charge is 0.488 e. The molecule has 0 atom stereocenters. The molecule has 4 nitrogen and oxygen atoms in total. The number of hydrogen-bond acceptors (Lipinski definition) is 4. The molecule has 0 aliphatic heterocycles. The standard InChI is InChI=1S/C12H9FO4S/c1-8(14)9-2-3-11-7-12(17-18(13,15)16)5-4-10(11)6-9/h2-7H,1H3. The molecule has 0 amide bonds.